The van der Waals surface area contributed by atoms with Gasteiger partial charge in [-0.1, -0.05) is 24.2 Å². The highest BCUT2D eigenvalue weighted by molar-refractivity contribution is 6.30. The number of carbonyl (C=O) groups is 1. The van der Waals surface area contributed by atoms with E-state index in [-0.39, 0.29) is 24.6 Å². The third-order valence-electron chi connectivity index (χ3n) is 4.46. The number of rotatable bonds is 5. The normalized spacial score (nSPS) is 24.4. The number of amides is 1. The molecule has 3 atom stereocenters. The zero-order chi connectivity index (χ0) is 19.3. The fourth-order valence-corrected chi connectivity index (χ4v) is 3.27. The van der Waals surface area contributed by atoms with E-state index >= 15 is 0 Å². The summed E-state index contributed by atoms with van der Waals surface area (Å²) in [6, 6.07) is 5.28. The molecule has 1 aliphatic heterocycles. The predicted octanol–water partition coefficient (Wildman–Crippen LogP) is 0.265. The van der Waals surface area contributed by atoms with Gasteiger partial charge in [-0.2, -0.15) is 0 Å². The first-order valence-electron chi connectivity index (χ1n) is 8.52. The topological polar surface area (TPSA) is 87.8 Å². The van der Waals surface area contributed by atoms with Gasteiger partial charge in [0.1, 0.15) is 0 Å². The molecule has 0 radical (unpaired) electrons. The minimum Gasteiger partial charge on any atom is -0.405 e. The van der Waals surface area contributed by atoms with Crippen LogP contribution in [0.25, 0.3) is 12.3 Å². The summed E-state index contributed by atoms with van der Waals surface area (Å²) in [6.07, 6.45) is 3.27. The van der Waals surface area contributed by atoms with E-state index in [1.54, 1.807) is 30.2 Å². The molecule has 0 spiro atoms. The van der Waals surface area contributed by atoms with Crippen molar-refractivity contribution in [2.24, 2.45) is 5.73 Å². The SMILES string of the molecule is C=c1cc(Cl)cc/c1=C(/C=C\N)NCC(=O)N(C)[C@H]1CC(C)O[C@@H](O)C1. The van der Waals surface area contributed by atoms with Crippen LogP contribution in [0.3, 0.4) is 0 Å². The van der Waals surface area contributed by atoms with Gasteiger partial charge >= 0.3 is 0 Å². The predicted molar refractivity (Wildman–Crippen MR) is 103 cm³/mol. The molecular weight excluding hydrogens is 354 g/mol. The quantitative estimate of drug-likeness (QED) is 0.683. The molecule has 1 saturated heterocycles. The van der Waals surface area contributed by atoms with Crippen LogP contribution in [-0.2, 0) is 9.53 Å². The van der Waals surface area contributed by atoms with Gasteiger partial charge in [-0.15, -0.1) is 0 Å². The van der Waals surface area contributed by atoms with Gasteiger partial charge in [-0.05, 0) is 43.0 Å². The second kappa shape index (κ2) is 9.07. The summed E-state index contributed by atoms with van der Waals surface area (Å²) in [7, 11) is 1.74. The number of nitrogens with zero attached hydrogens (tertiary/aromatic N) is 1. The second-order valence-electron chi connectivity index (χ2n) is 6.46. The lowest BCUT2D eigenvalue weighted by Crippen LogP contribution is -2.48. The number of aliphatic hydroxyl groups is 1. The van der Waals surface area contributed by atoms with Crippen LogP contribution in [0.1, 0.15) is 19.8 Å². The van der Waals surface area contributed by atoms with Crippen molar-refractivity contribution in [1.29, 1.82) is 0 Å². The van der Waals surface area contributed by atoms with E-state index in [0.717, 1.165) is 10.4 Å². The van der Waals surface area contributed by atoms with Crippen LogP contribution in [0.2, 0.25) is 5.02 Å². The van der Waals surface area contributed by atoms with Crippen LogP contribution in [-0.4, -0.2) is 47.9 Å². The van der Waals surface area contributed by atoms with E-state index in [1.807, 2.05) is 13.0 Å². The molecule has 1 aliphatic rings. The molecule has 1 aromatic rings. The molecule has 1 fully saturated rings. The lowest BCUT2D eigenvalue weighted by atomic mass is 10.0. The highest BCUT2D eigenvalue weighted by Crippen LogP contribution is 2.21. The molecule has 1 heterocycles. The summed E-state index contributed by atoms with van der Waals surface area (Å²) in [5.74, 6) is -0.0844. The summed E-state index contributed by atoms with van der Waals surface area (Å²) in [5, 5.41) is 15.0. The van der Waals surface area contributed by atoms with Crippen molar-refractivity contribution in [2.75, 3.05) is 13.6 Å². The maximum atomic E-state index is 12.6. The number of benzene rings is 1. The molecule has 142 valence electrons. The molecule has 1 amide bonds. The number of aliphatic hydroxyl groups excluding tert-OH is 1. The number of likely N-dealkylation sites (N-methyl/N-ethyl adjacent to an activating group) is 1. The number of nitrogens with one attached hydrogen (secondary N) is 1. The Kier molecular flexibility index (Phi) is 7.08. The third kappa shape index (κ3) is 5.24. The zero-order valence-corrected chi connectivity index (χ0v) is 15.9. The van der Waals surface area contributed by atoms with E-state index in [2.05, 4.69) is 11.9 Å². The van der Waals surface area contributed by atoms with E-state index in [1.165, 1.54) is 6.20 Å². The van der Waals surface area contributed by atoms with Crippen LogP contribution >= 0.6 is 11.6 Å². The highest BCUT2D eigenvalue weighted by atomic mass is 35.5. The van der Waals surface area contributed by atoms with E-state index < -0.39 is 6.29 Å². The van der Waals surface area contributed by atoms with Crippen molar-refractivity contribution >= 4 is 29.8 Å². The minimum absolute atomic E-state index is 0.0597. The summed E-state index contributed by atoms with van der Waals surface area (Å²) < 4.78 is 5.31. The smallest absolute Gasteiger partial charge is 0.241 e. The molecule has 1 aromatic carbocycles. The van der Waals surface area contributed by atoms with Crippen LogP contribution < -0.4 is 21.5 Å². The molecule has 0 saturated carbocycles. The van der Waals surface area contributed by atoms with E-state index in [4.69, 9.17) is 22.1 Å². The molecule has 6 nitrogen and oxygen atoms in total. The van der Waals surface area contributed by atoms with Gasteiger partial charge in [0.2, 0.25) is 5.91 Å². The minimum atomic E-state index is -0.836. The van der Waals surface area contributed by atoms with E-state index in [0.29, 0.717) is 23.6 Å². The monoisotopic (exact) mass is 379 g/mol. The van der Waals surface area contributed by atoms with Crippen molar-refractivity contribution in [1.82, 2.24) is 10.2 Å². The fraction of sp³-hybridized carbons (Fsp3) is 0.421. The standard InChI is InChI=1S/C19H26ClN3O3/c1-12-8-14(20)4-5-16(12)17(6-7-21)22-11-18(24)23(3)15-9-13(2)26-19(25)10-15/h4-8,13,15,19,22,25H,1,9-11,21H2,2-3H3/b7-6-,17-16+/t13?,15-,19+/m0/s1. The summed E-state index contributed by atoms with van der Waals surface area (Å²) in [6.45, 7) is 5.97. The summed E-state index contributed by atoms with van der Waals surface area (Å²) >= 11 is 5.97. The molecule has 4 N–H and O–H groups in total. The van der Waals surface area contributed by atoms with Crippen molar-refractivity contribution < 1.29 is 14.6 Å². The van der Waals surface area contributed by atoms with Gasteiger partial charge < -0.3 is 25.8 Å². The molecular formula is C19H26ClN3O3. The van der Waals surface area contributed by atoms with E-state index in [9.17, 15) is 9.90 Å². The van der Waals surface area contributed by atoms with Crippen LogP contribution in [0.15, 0.2) is 30.5 Å². The maximum Gasteiger partial charge on any atom is 0.241 e. The zero-order valence-electron chi connectivity index (χ0n) is 15.1. The lowest BCUT2D eigenvalue weighted by Gasteiger charge is -2.36. The number of carbonyl (C=O) groups excluding carboxylic acids is 1. The van der Waals surface area contributed by atoms with Gasteiger partial charge in [0.15, 0.2) is 6.29 Å². The molecule has 0 aliphatic carbocycles. The molecule has 0 bridgehead atoms. The lowest BCUT2D eigenvalue weighted by molar-refractivity contribution is -0.176. The fourth-order valence-electron chi connectivity index (χ4n) is 3.07. The Labute approximate surface area is 158 Å². The van der Waals surface area contributed by atoms with Crippen molar-refractivity contribution in [3.63, 3.8) is 0 Å². The molecule has 0 aromatic heterocycles. The van der Waals surface area contributed by atoms with Crippen molar-refractivity contribution in [2.45, 2.75) is 38.2 Å². The molecule has 1 unspecified atom stereocenters. The number of hydrogen-bond donors (Lipinski definition) is 3. The summed E-state index contributed by atoms with van der Waals surface area (Å²) in [4.78, 5) is 14.2. The first kappa shape index (κ1) is 20.3. The number of nitrogens with two attached hydrogens (primary N) is 1. The Morgan fingerprint density at radius 1 is 1.54 bits per heavy atom. The first-order chi connectivity index (χ1) is 12.3. The van der Waals surface area contributed by atoms with Gasteiger partial charge in [0, 0.05) is 35.4 Å². The number of hydrogen-bond acceptors (Lipinski definition) is 5. The van der Waals surface area contributed by atoms with Crippen molar-refractivity contribution in [3.05, 3.63) is 45.9 Å². The largest absolute Gasteiger partial charge is 0.405 e. The Hall–Kier alpha value is -2.02. The number of halogens is 1. The Morgan fingerprint density at radius 2 is 2.27 bits per heavy atom. The van der Waals surface area contributed by atoms with Gasteiger partial charge in [-0.3, -0.25) is 4.79 Å². The van der Waals surface area contributed by atoms with Crippen LogP contribution in [0, 0.1) is 0 Å². The van der Waals surface area contributed by atoms with Gasteiger partial charge in [-0.25, -0.2) is 0 Å². The molecule has 7 heteroatoms. The van der Waals surface area contributed by atoms with Crippen LogP contribution in [0.4, 0.5) is 0 Å². The average molecular weight is 380 g/mol. The average Bonchev–Trinajstić information content (AvgIpc) is 2.57. The Morgan fingerprint density at radius 3 is 2.88 bits per heavy atom. The third-order valence-corrected chi connectivity index (χ3v) is 4.69. The van der Waals surface area contributed by atoms with Crippen molar-refractivity contribution in [3.8, 4) is 0 Å². The molecule has 2 rings (SSSR count). The maximum absolute atomic E-state index is 12.6. The van der Waals surface area contributed by atoms with Gasteiger partial charge in [0.05, 0.1) is 12.6 Å². The highest BCUT2D eigenvalue weighted by Gasteiger charge is 2.30. The number of ether oxygens (including phenoxy) is 1. The molecule has 26 heavy (non-hydrogen) atoms. The Bertz CT molecular complexity index is 771. The second-order valence-corrected chi connectivity index (χ2v) is 6.90. The van der Waals surface area contributed by atoms with Crippen LogP contribution in [0.5, 0.6) is 0 Å². The summed E-state index contributed by atoms with van der Waals surface area (Å²) in [5.41, 5.74) is 6.23. The van der Waals surface area contributed by atoms with Gasteiger partial charge in [0.25, 0.3) is 0 Å². The first-order valence-corrected chi connectivity index (χ1v) is 8.89. The Balaban J connectivity index is 2.11.